The second-order valence-electron chi connectivity index (χ2n) is 5.52. The Morgan fingerprint density at radius 3 is 2.50 bits per heavy atom. The summed E-state index contributed by atoms with van der Waals surface area (Å²) in [6, 6.07) is 5.79. The largest absolute Gasteiger partial charge is 0.494 e. The first-order valence-corrected chi connectivity index (χ1v) is 9.67. The average molecular weight is 358 g/mol. The van der Waals surface area contributed by atoms with Crippen molar-refractivity contribution in [2.24, 2.45) is 5.73 Å². The van der Waals surface area contributed by atoms with Crippen molar-refractivity contribution in [2.45, 2.75) is 38.6 Å². The molecule has 0 aromatic heterocycles. The standard InChI is InChI=1S/C16H26N2O5S/c1-2-11-24(21,22)18-15(16(19)20)12-13-5-7-14(8-6-13)23-10-4-3-9-17/h5-8,15,18H,2-4,9-12,17H2,1H3,(H,19,20)/t15-/m1/s1. The first-order chi connectivity index (χ1) is 11.4. The molecule has 1 rings (SSSR count). The summed E-state index contributed by atoms with van der Waals surface area (Å²) in [5.41, 5.74) is 6.13. The molecule has 24 heavy (non-hydrogen) atoms. The Morgan fingerprint density at radius 1 is 1.29 bits per heavy atom. The molecule has 1 atom stereocenters. The molecule has 0 fully saturated rings. The molecule has 1 aromatic carbocycles. The SMILES string of the molecule is CCCS(=O)(=O)N[C@H](Cc1ccc(OCCCCN)cc1)C(=O)O. The minimum Gasteiger partial charge on any atom is -0.494 e. The van der Waals surface area contributed by atoms with Gasteiger partial charge in [-0.3, -0.25) is 4.79 Å². The molecule has 1 aromatic rings. The van der Waals surface area contributed by atoms with Gasteiger partial charge >= 0.3 is 5.97 Å². The first-order valence-electron chi connectivity index (χ1n) is 8.02. The summed E-state index contributed by atoms with van der Waals surface area (Å²) < 4.78 is 31.3. The van der Waals surface area contributed by atoms with Crippen molar-refractivity contribution >= 4 is 16.0 Å². The first kappa shape index (κ1) is 20.4. The molecule has 0 unspecified atom stereocenters. The molecule has 0 aliphatic rings. The van der Waals surface area contributed by atoms with Crippen molar-refractivity contribution in [2.75, 3.05) is 18.9 Å². The molecule has 0 spiro atoms. The van der Waals surface area contributed by atoms with E-state index in [2.05, 4.69) is 4.72 Å². The molecule has 0 heterocycles. The minimum atomic E-state index is -3.59. The number of unbranched alkanes of at least 4 members (excludes halogenated alkanes) is 1. The third-order valence-corrected chi connectivity index (χ3v) is 4.91. The normalized spacial score (nSPS) is 12.8. The third kappa shape index (κ3) is 7.76. The fourth-order valence-electron chi connectivity index (χ4n) is 2.12. The van der Waals surface area contributed by atoms with Crippen LogP contribution in [-0.4, -0.2) is 44.4 Å². The second kappa shape index (κ2) is 10.3. The fraction of sp³-hybridized carbons (Fsp3) is 0.562. The Bertz CT molecular complexity index is 601. The van der Waals surface area contributed by atoms with Crippen molar-refractivity contribution in [1.29, 1.82) is 0 Å². The number of sulfonamides is 1. The lowest BCUT2D eigenvalue weighted by molar-refractivity contribution is -0.138. The van der Waals surface area contributed by atoms with Gasteiger partial charge in [-0.15, -0.1) is 0 Å². The van der Waals surface area contributed by atoms with Gasteiger partial charge < -0.3 is 15.6 Å². The minimum absolute atomic E-state index is 0.0751. The van der Waals surface area contributed by atoms with E-state index in [4.69, 9.17) is 10.5 Å². The summed E-state index contributed by atoms with van der Waals surface area (Å²) in [5.74, 6) is -0.599. The Kier molecular flexibility index (Phi) is 8.73. The molecular weight excluding hydrogens is 332 g/mol. The smallest absolute Gasteiger partial charge is 0.322 e. The summed E-state index contributed by atoms with van der Waals surface area (Å²) in [6.45, 7) is 2.93. The van der Waals surface area contributed by atoms with E-state index < -0.39 is 22.0 Å². The Labute approximate surface area is 143 Å². The zero-order valence-electron chi connectivity index (χ0n) is 13.9. The van der Waals surface area contributed by atoms with E-state index in [1.165, 1.54) is 0 Å². The van der Waals surface area contributed by atoms with Gasteiger partial charge in [-0.1, -0.05) is 19.1 Å². The van der Waals surface area contributed by atoms with Crippen LogP contribution in [0.25, 0.3) is 0 Å². The zero-order valence-corrected chi connectivity index (χ0v) is 14.7. The molecule has 0 saturated carbocycles. The van der Waals surface area contributed by atoms with Crippen LogP contribution in [-0.2, 0) is 21.2 Å². The van der Waals surface area contributed by atoms with Crippen LogP contribution in [0.3, 0.4) is 0 Å². The summed E-state index contributed by atoms with van der Waals surface area (Å²) in [5, 5.41) is 9.23. The van der Waals surface area contributed by atoms with Crippen LogP contribution in [0.5, 0.6) is 5.75 Å². The van der Waals surface area contributed by atoms with Gasteiger partial charge in [0.1, 0.15) is 11.8 Å². The van der Waals surface area contributed by atoms with Gasteiger partial charge in [-0.2, -0.15) is 0 Å². The fourth-order valence-corrected chi connectivity index (χ4v) is 3.39. The maximum absolute atomic E-state index is 11.8. The lowest BCUT2D eigenvalue weighted by Gasteiger charge is -2.15. The summed E-state index contributed by atoms with van der Waals surface area (Å²) in [7, 11) is -3.59. The van der Waals surface area contributed by atoms with Crippen molar-refractivity contribution < 1.29 is 23.1 Å². The van der Waals surface area contributed by atoms with Gasteiger partial charge in [0.15, 0.2) is 0 Å². The van der Waals surface area contributed by atoms with Crippen molar-refractivity contribution in [1.82, 2.24) is 4.72 Å². The number of ether oxygens (including phenoxy) is 1. The molecule has 0 aliphatic carbocycles. The monoisotopic (exact) mass is 358 g/mol. The van der Waals surface area contributed by atoms with E-state index in [0.717, 1.165) is 18.4 Å². The number of benzene rings is 1. The van der Waals surface area contributed by atoms with Gasteiger partial charge in [0, 0.05) is 0 Å². The molecule has 136 valence electrons. The van der Waals surface area contributed by atoms with Crippen LogP contribution < -0.4 is 15.2 Å². The number of carboxylic acid groups (broad SMARTS) is 1. The van der Waals surface area contributed by atoms with Gasteiger partial charge in [0.05, 0.1) is 12.4 Å². The maximum atomic E-state index is 11.8. The van der Waals surface area contributed by atoms with Crippen LogP contribution in [0.2, 0.25) is 0 Å². The summed E-state index contributed by atoms with van der Waals surface area (Å²) in [6.07, 6.45) is 2.28. The molecule has 7 nitrogen and oxygen atoms in total. The highest BCUT2D eigenvalue weighted by Gasteiger charge is 2.23. The lowest BCUT2D eigenvalue weighted by atomic mass is 10.1. The Balaban J connectivity index is 2.63. The van der Waals surface area contributed by atoms with Gasteiger partial charge in [-0.25, -0.2) is 13.1 Å². The number of carbonyl (C=O) groups is 1. The molecule has 0 aliphatic heterocycles. The summed E-state index contributed by atoms with van der Waals surface area (Å²) in [4.78, 5) is 11.3. The van der Waals surface area contributed by atoms with Gasteiger partial charge in [0.25, 0.3) is 0 Å². The number of rotatable bonds is 12. The van der Waals surface area contributed by atoms with E-state index in [1.807, 2.05) is 0 Å². The van der Waals surface area contributed by atoms with Crippen LogP contribution in [0.15, 0.2) is 24.3 Å². The van der Waals surface area contributed by atoms with Crippen LogP contribution in [0.1, 0.15) is 31.7 Å². The van der Waals surface area contributed by atoms with E-state index in [0.29, 0.717) is 25.3 Å². The van der Waals surface area contributed by atoms with E-state index in [9.17, 15) is 18.3 Å². The molecule has 4 N–H and O–H groups in total. The average Bonchev–Trinajstić information content (AvgIpc) is 2.52. The maximum Gasteiger partial charge on any atom is 0.322 e. The van der Waals surface area contributed by atoms with E-state index in [1.54, 1.807) is 31.2 Å². The highest BCUT2D eigenvalue weighted by Crippen LogP contribution is 2.14. The van der Waals surface area contributed by atoms with Crippen LogP contribution in [0.4, 0.5) is 0 Å². The van der Waals surface area contributed by atoms with E-state index >= 15 is 0 Å². The molecule has 0 saturated heterocycles. The number of carboxylic acids is 1. The lowest BCUT2D eigenvalue weighted by Crippen LogP contribution is -2.43. The molecule has 0 amide bonds. The predicted molar refractivity (Wildman–Crippen MR) is 92.6 cm³/mol. The summed E-state index contributed by atoms with van der Waals surface area (Å²) >= 11 is 0. The number of hydrogen-bond acceptors (Lipinski definition) is 5. The van der Waals surface area contributed by atoms with Crippen LogP contribution >= 0.6 is 0 Å². The topological polar surface area (TPSA) is 119 Å². The zero-order chi connectivity index (χ0) is 18.0. The predicted octanol–water partition coefficient (Wildman–Crippen LogP) is 1.13. The third-order valence-electron chi connectivity index (χ3n) is 3.32. The molecular formula is C16H26N2O5S. The number of aliphatic carboxylic acids is 1. The van der Waals surface area contributed by atoms with Crippen molar-refractivity contribution in [3.63, 3.8) is 0 Å². The van der Waals surface area contributed by atoms with E-state index in [-0.39, 0.29) is 12.2 Å². The number of hydrogen-bond donors (Lipinski definition) is 3. The van der Waals surface area contributed by atoms with Crippen molar-refractivity contribution in [3.8, 4) is 5.75 Å². The quantitative estimate of drug-likeness (QED) is 0.482. The number of nitrogens with two attached hydrogens (primary N) is 1. The molecule has 8 heteroatoms. The Hall–Kier alpha value is -1.64. The highest BCUT2D eigenvalue weighted by molar-refractivity contribution is 7.89. The van der Waals surface area contributed by atoms with Gasteiger partial charge in [-0.05, 0) is 49.9 Å². The van der Waals surface area contributed by atoms with Crippen molar-refractivity contribution in [3.05, 3.63) is 29.8 Å². The van der Waals surface area contributed by atoms with Crippen LogP contribution in [0, 0.1) is 0 Å². The highest BCUT2D eigenvalue weighted by atomic mass is 32.2. The van der Waals surface area contributed by atoms with Gasteiger partial charge in [0.2, 0.25) is 10.0 Å². The molecule has 0 bridgehead atoms. The Morgan fingerprint density at radius 2 is 1.96 bits per heavy atom. The molecule has 0 radical (unpaired) electrons. The number of nitrogens with one attached hydrogen (secondary N) is 1. The second-order valence-corrected chi connectivity index (χ2v) is 7.39.